The lowest BCUT2D eigenvalue weighted by molar-refractivity contribution is 0.471. The Morgan fingerprint density at radius 2 is 1.90 bits per heavy atom. The van der Waals surface area contributed by atoms with Crippen molar-refractivity contribution in [2.75, 3.05) is 23.3 Å². The molecule has 1 heterocycles. The average Bonchev–Trinajstić information content (AvgIpc) is 3.03. The summed E-state index contributed by atoms with van der Waals surface area (Å²) >= 11 is 3.34. The van der Waals surface area contributed by atoms with E-state index in [4.69, 9.17) is 0 Å². The predicted molar refractivity (Wildman–Crippen MR) is 91.0 cm³/mol. The molecule has 0 atom stereocenters. The van der Waals surface area contributed by atoms with Gasteiger partial charge in [0.05, 0.1) is 4.47 Å². The van der Waals surface area contributed by atoms with Gasteiger partial charge in [-0.05, 0) is 64.7 Å². The van der Waals surface area contributed by atoms with Crippen molar-refractivity contribution in [2.24, 2.45) is 0 Å². The third-order valence-corrected chi connectivity index (χ3v) is 4.46. The van der Waals surface area contributed by atoms with Crippen LogP contribution in [0.5, 0.6) is 5.75 Å². The van der Waals surface area contributed by atoms with Crippen LogP contribution in [0.1, 0.15) is 18.4 Å². The highest BCUT2D eigenvalue weighted by Crippen LogP contribution is 2.26. The van der Waals surface area contributed by atoms with Crippen LogP contribution < -0.4 is 10.2 Å². The summed E-state index contributed by atoms with van der Waals surface area (Å²) in [5.74, 6) is 0.273. The second-order valence-electron chi connectivity index (χ2n) is 5.38. The molecule has 0 unspecified atom stereocenters. The zero-order chi connectivity index (χ0) is 14.7. The molecule has 1 aliphatic heterocycles. The summed E-state index contributed by atoms with van der Waals surface area (Å²) in [7, 11) is 0. The molecule has 1 saturated heterocycles. The van der Waals surface area contributed by atoms with E-state index >= 15 is 0 Å². The highest BCUT2D eigenvalue weighted by atomic mass is 79.9. The van der Waals surface area contributed by atoms with Crippen molar-refractivity contribution >= 4 is 27.3 Å². The van der Waals surface area contributed by atoms with Gasteiger partial charge in [0.1, 0.15) is 5.75 Å². The molecule has 21 heavy (non-hydrogen) atoms. The van der Waals surface area contributed by atoms with Crippen LogP contribution in [0.4, 0.5) is 11.4 Å². The molecule has 0 saturated carbocycles. The van der Waals surface area contributed by atoms with E-state index in [0.717, 1.165) is 35.4 Å². The Balaban J connectivity index is 1.67. The first-order chi connectivity index (χ1) is 10.2. The van der Waals surface area contributed by atoms with E-state index in [9.17, 15) is 5.11 Å². The number of phenols is 1. The van der Waals surface area contributed by atoms with Gasteiger partial charge in [-0.2, -0.15) is 0 Å². The number of phenolic OH excluding ortho intramolecular Hbond substituents is 1. The van der Waals surface area contributed by atoms with Crippen LogP contribution in [0.15, 0.2) is 46.9 Å². The molecule has 0 bridgehead atoms. The van der Waals surface area contributed by atoms with E-state index in [1.54, 1.807) is 6.07 Å². The van der Waals surface area contributed by atoms with Gasteiger partial charge >= 0.3 is 0 Å². The normalized spacial score (nSPS) is 14.4. The standard InChI is InChI=1S/C17H19BrN2O/c18-16-10-13(6-7-17(16)21)12-19-14-4-3-5-15(11-14)20-8-1-2-9-20/h3-7,10-11,19,21H,1-2,8-9,12H2. The molecule has 2 aromatic carbocycles. The second-order valence-corrected chi connectivity index (χ2v) is 6.24. The van der Waals surface area contributed by atoms with Crippen LogP contribution in [-0.4, -0.2) is 18.2 Å². The molecule has 3 rings (SSSR count). The Morgan fingerprint density at radius 1 is 1.10 bits per heavy atom. The molecule has 0 amide bonds. The molecule has 4 heteroatoms. The molecule has 0 spiro atoms. The van der Waals surface area contributed by atoms with Gasteiger partial charge in [0.15, 0.2) is 0 Å². The van der Waals surface area contributed by atoms with Gasteiger partial charge in [-0.1, -0.05) is 12.1 Å². The van der Waals surface area contributed by atoms with Crippen molar-refractivity contribution in [1.29, 1.82) is 0 Å². The smallest absolute Gasteiger partial charge is 0.129 e. The summed E-state index contributed by atoms with van der Waals surface area (Å²) in [5.41, 5.74) is 3.55. The van der Waals surface area contributed by atoms with Gasteiger partial charge < -0.3 is 15.3 Å². The Bertz CT molecular complexity index is 624. The molecule has 3 nitrogen and oxygen atoms in total. The molecule has 1 fully saturated rings. The lowest BCUT2D eigenvalue weighted by Gasteiger charge is -2.18. The fourth-order valence-corrected chi connectivity index (χ4v) is 3.08. The van der Waals surface area contributed by atoms with E-state index in [2.05, 4.69) is 50.4 Å². The van der Waals surface area contributed by atoms with E-state index in [-0.39, 0.29) is 5.75 Å². The average molecular weight is 347 g/mol. The topological polar surface area (TPSA) is 35.5 Å². The number of hydrogen-bond acceptors (Lipinski definition) is 3. The van der Waals surface area contributed by atoms with Crippen LogP contribution in [-0.2, 0) is 6.54 Å². The van der Waals surface area contributed by atoms with Gasteiger partial charge in [0.25, 0.3) is 0 Å². The number of nitrogens with zero attached hydrogens (tertiary/aromatic N) is 1. The van der Waals surface area contributed by atoms with E-state index in [0.29, 0.717) is 0 Å². The Morgan fingerprint density at radius 3 is 2.67 bits per heavy atom. The van der Waals surface area contributed by atoms with Gasteiger partial charge in [0, 0.05) is 31.0 Å². The van der Waals surface area contributed by atoms with Crippen LogP contribution in [0.3, 0.4) is 0 Å². The molecule has 2 aromatic rings. The molecule has 0 radical (unpaired) electrons. The molecule has 0 aliphatic carbocycles. The minimum absolute atomic E-state index is 0.273. The monoisotopic (exact) mass is 346 g/mol. The first-order valence-corrected chi connectivity index (χ1v) is 8.08. The third-order valence-electron chi connectivity index (χ3n) is 3.83. The number of hydrogen-bond donors (Lipinski definition) is 2. The zero-order valence-corrected chi connectivity index (χ0v) is 13.4. The first-order valence-electron chi connectivity index (χ1n) is 7.29. The van der Waals surface area contributed by atoms with Crippen LogP contribution in [0.2, 0.25) is 0 Å². The Labute approximate surface area is 133 Å². The zero-order valence-electron chi connectivity index (χ0n) is 11.8. The van der Waals surface area contributed by atoms with E-state index < -0.39 is 0 Å². The summed E-state index contributed by atoms with van der Waals surface area (Å²) in [6.45, 7) is 3.06. The SMILES string of the molecule is Oc1ccc(CNc2cccc(N3CCCC3)c2)cc1Br. The maximum Gasteiger partial charge on any atom is 0.129 e. The number of nitrogens with one attached hydrogen (secondary N) is 1. The minimum atomic E-state index is 0.273. The highest BCUT2D eigenvalue weighted by Gasteiger charge is 2.12. The Kier molecular flexibility index (Phi) is 4.34. The number of rotatable bonds is 4. The third kappa shape index (κ3) is 3.50. The van der Waals surface area contributed by atoms with Gasteiger partial charge in [-0.3, -0.25) is 0 Å². The predicted octanol–water partition coefficient (Wildman–Crippen LogP) is 4.37. The summed E-state index contributed by atoms with van der Waals surface area (Å²) in [4.78, 5) is 2.43. The van der Waals surface area contributed by atoms with Gasteiger partial charge in [0.2, 0.25) is 0 Å². The summed E-state index contributed by atoms with van der Waals surface area (Å²) in [5, 5.41) is 13.0. The molecular formula is C17H19BrN2O. The molecule has 0 aromatic heterocycles. The maximum absolute atomic E-state index is 9.51. The first kappa shape index (κ1) is 14.3. The van der Waals surface area contributed by atoms with Gasteiger partial charge in [-0.15, -0.1) is 0 Å². The number of halogens is 1. The van der Waals surface area contributed by atoms with Gasteiger partial charge in [-0.25, -0.2) is 0 Å². The second kappa shape index (κ2) is 6.39. The van der Waals surface area contributed by atoms with E-state index in [1.165, 1.54) is 18.5 Å². The van der Waals surface area contributed by atoms with Crippen LogP contribution >= 0.6 is 15.9 Å². The van der Waals surface area contributed by atoms with Crippen LogP contribution in [0, 0.1) is 0 Å². The number of anilines is 2. The van der Waals surface area contributed by atoms with E-state index in [1.807, 2.05) is 12.1 Å². The quantitative estimate of drug-likeness (QED) is 0.862. The van der Waals surface area contributed by atoms with Crippen LogP contribution in [0.25, 0.3) is 0 Å². The summed E-state index contributed by atoms with van der Waals surface area (Å²) < 4.78 is 0.729. The molecular weight excluding hydrogens is 328 g/mol. The number of benzene rings is 2. The summed E-state index contributed by atoms with van der Waals surface area (Å²) in [6, 6.07) is 14.2. The van der Waals surface area contributed by atoms with Crippen molar-refractivity contribution in [3.05, 3.63) is 52.5 Å². The minimum Gasteiger partial charge on any atom is -0.507 e. The largest absolute Gasteiger partial charge is 0.507 e. The highest BCUT2D eigenvalue weighted by molar-refractivity contribution is 9.10. The van der Waals surface area contributed by atoms with Crippen molar-refractivity contribution in [3.8, 4) is 5.75 Å². The maximum atomic E-state index is 9.51. The van der Waals surface area contributed by atoms with Crippen molar-refractivity contribution in [1.82, 2.24) is 0 Å². The number of aromatic hydroxyl groups is 1. The lowest BCUT2D eigenvalue weighted by Crippen LogP contribution is -2.17. The summed E-state index contributed by atoms with van der Waals surface area (Å²) in [6.07, 6.45) is 2.58. The van der Waals surface area contributed by atoms with Crippen molar-refractivity contribution in [2.45, 2.75) is 19.4 Å². The van der Waals surface area contributed by atoms with Crippen molar-refractivity contribution < 1.29 is 5.11 Å². The molecule has 1 aliphatic rings. The van der Waals surface area contributed by atoms with Crippen molar-refractivity contribution in [3.63, 3.8) is 0 Å². The Hall–Kier alpha value is -1.68. The lowest BCUT2D eigenvalue weighted by atomic mass is 10.2. The molecule has 2 N–H and O–H groups in total. The fraction of sp³-hybridized carbons (Fsp3) is 0.294. The molecule has 110 valence electrons. The fourth-order valence-electron chi connectivity index (χ4n) is 2.65.